The molecule has 5 heteroatoms. The Hall–Kier alpha value is -1.10. The number of nitrogens with zero attached hydrogens (tertiary/aromatic N) is 1. The average Bonchev–Trinajstić information content (AvgIpc) is 2.55. The summed E-state index contributed by atoms with van der Waals surface area (Å²) in [5.41, 5.74) is 2.42. The van der Waals surface area contributed by atoms with Crippen molar-refractivity contribution in [2.45, 2.75) is 33.1 Å². The van der Waals surface area contributed by atoms with Crippen LogP contribution in [0.3, 0.4) is 0 Å². The summed E-state index contributed by atoms with van der Waals surface area (Å²) in [7, 11) is 0. The van der Waals surface area contributed by atoms with Gasteiger partial charge in [-0.15, -0.1) is 12.4 Å². The molecule has 1 aromatic rings. The number of benzene rings is 1. The fraction of sp³-hybridized carbons (Fsp3) is 0.632. The standard InChI is InChI=1S/C19H30N2O2.ClH/c1-15(2)14-17-4-6-18(7-5-17)16(3)19(22)20-8-9-21-10-12-23-13-11-21;/h4-7,15-16H,8-14H2,1-3H3,(H,20,22);1H/t16-;/m1./s1. The minimum Gasteiger partial charge on any atom is -0.379 e. The molecule has 1 atom stereocenters. The summed E-state index contributed by atoms with van der Waals surface area (Å²) in [6.45, 7) is 11.5. The Balaban J connectivity index is 0.00000288. The van der Waals surface area contributed by atoms with Gasteiger partial charge in [-0.1, -0.05) is 38.1 Å². The van der Waals surface area contributed by atoms with Crippen LogP contribution in [0.15, 0.2) is 24.3 Å². The Bertz CT molecular complexity index is 485. The predicted molar refractivity (Wildman–Crippen MR) is 101 cm³/mol. The van der Waals surface area contributed by atoms with Gasteiger partial charge in [-0.3, -0.25) is 9.69 Å². The third-order valence-corrected chi connectivity index (χ3v) is 4.35. The second-order valence-corrected chi connectivity index (χ2v) is 6.81. The molecule has 0 spiro atoms. The molecular weight excluding hydrogens is 324 g/mol. The van der Waals surface area contributed by atoms with Crippen LogP contribution in [0, 0.1) is 5.92 Å². The first-order valence-corrected chi connectivity index (χ1v) is 8.73. The van der Waals surface area contributed by atoms with E-state index < -0.39 is 0 Å². The van der Waals surface area contributed by atoms with Crippen LogP contribution >= 0.6 is 12.4 Å². The van der Waals surface area contributed by atoms with E-state index in [-0.39, 0.29) is 24.2 Å². The zero-order valence-electron chi connectivity index (χ0n) is 15.1. The summed E-state index contributed by atoms with van der Waals surface area (Å²) in [5.74, 6) is 0.657. The minimum absolute atomic E-state index is 0. The minimum atomic E-state index is -0.104. The van der Waals surface area contributed by atoms with E-state index in [9.17, 15) is 4.79 Å². The molecule has 0 unspecified atom stereocenters. The van der Waals surface area contributed by atoms with Crippen molar-refractivity contribution in [3.05, 3.63) is 35.4 Å². The molecule has 1 aliphatic rings. The van der Waals surface area contributed by atoms with Gasteiger partial charge in [0.15, 0.2) is 0 Å². The van der Waals surface area contributed by atoms with Crippen molar-refractivity contribution < 1.29 is 9.53 Å². The molecule has 1 amide bonds. The maximum atomic E-state index is 12.3. The lowest BCUT2D eigenvalue weighted by Gasteiger charge is -2.26. The number of rotatable bonds is 7. The van der Waals surface area contributed by atoms with Crippen molar-refractivity contribution in [1.82, 2.24) is 10.2 Å². The van der Waals surface area contributed by atoms with Crippen molar-refractivity contribution in [2.24, 2.45) is 5.92 Å². The van der Waals surface area contributed by atoms with Gasteiger partial charge in [0, 0.05) is 26.2 Å². The predicted octanol–water partition coefficient (Wildman–Crippen LogP) is 2.86. The maximum Gasteiger partial charge on any atom is 0.227 e. The van der Waals surface area contributed by atoms with Crippen molar-refractivity contribution in [1.29, 1.82) is 0 Å². The summed E-state index contributed by atoms with van der Waals surface area (Å²) in [5, 5.41) is 3.05. The lowest BCUT2D eigenvalue weighted by Crippen LogP contribution is -2.42. The molecule has 0 radical (unpaired) electrons. The third-order valence-electron chi connectivity index (χ3n) is 4.35. The van der Waals surface area contributed by atoms with Crippen LogP contribution in [-0.2, 0) is 16.0 Å². The maximum absolute atomic E-state index is 12.3. The first kappa shape index (κ1) is 20.9. The van der Waals surface area contributed by atoms with Gasteiger partial charge in [-0.2, -0.15) is 0 Å². The average molecular weight is 355 g/mol. The van der Waals surface area contributed by atoms with E-state index in [1.54, 1.807) is 0 Å². The number of ether oxygens (including phenoxy) is 1. The second kappa shape index (κ2) is 10.7. The first-order chi connectivity index (χ1) is 11.1. The Morgan fingerprint density at radius 3 is 2.38 bits per heavy atom. The molecular formula is C19H31ClN2O2. The van der Waals surface area contributed by atoms with Gasteiger partial charge in [0.05, 0.1) is 19.1 Å². The number of halogens is 1. The molecule has 2 rings (SSSR count). The second-order valence-electron chi connectivity index (χ2n) is 6.81. The van der Waals surface area contributed by atoms with E-state index in [4.69, 9.17) is 4.74 Å². The normalized spacial score (nSPS) is 16.5. The summed E-state index contributed by atoms with van der Waals surface area (Å²) < 4.78 is 5.33. The number of hydrogen-bond acceptors (Lipinski definition) is 3. The number of carbonyl (C=O) groups is 1. The van der Waals surface area contributed by atoms with Gasteiger partial charge < -0.3 is 10.1 Å². The topological polar surface area (TPSA) is 41.6 Å². The molecule has 1 N–H and O–H groups in total. The molecule has 136 valence electrons. The quantitative estimate of drug-likeness (QED) is 0.818. The van der Waals surface area contributed by atoms with E-state index in [1.807, 2.05) is 6.92 Å². The van der Waals surface area contributed by atoms with Gasteiger partial charge in [0.1, 0.15) is 0 Å². The van der Waals surface area contributed by atoms with E-state index in [0.29, 0.717) is 12.5 Å². The van der Waals surface area contributed by atoms with Crippen LogP contribution in [0.25, 0.3) is 0 Å². The van der Waals surface area contributed by atoms with E-state index in [2.05, 4.69) is 48.3 Å². The van der Waals surface area contributed by atoms with Crippen LogP contribution in [0.5, 0.6) is 0 Å². The fourth-order valence-electron chi connectivity index (χ4n) is 2.88. The Labute approximate surface area is 152 Å². The molecule has 0 aromatic heterocycles. The fourth-order valence-corrected chi connectivity index (χ4v) is 2.88. The third kappa shape index (κ3) is 6.80. The van der Waals surface area contributed by atoms with E-state index >= 15 is 0 Å². The highest BCUT2D eigenvalue weighted by atomic mass is 35.5. The SMILES string of the molecule is CC(C)Cc1ccc([C@@H](C)C(=O)NCCN2CCOCC2)cc1.Cl. The first-order valence-electron chi connectivity index (χ1n) is 8.73. The van der Waals surface area contributed by atoms with Crippen LogP contribution in [0.4, 0.5) is 0 Å². The Morgan fingerprint density at radius 1 is 1.17 bits per heavy atom. The Kier molecular flexibility index (Phi) is 9.34. The largest absolute Gasteiger partial charge is 0.379 e. The van der Waals surface area contributed by atoms with Gasteiger partial charge in [-0.05, 0) is 30.4 Å². The van der Waals surface area contributed by atoms with E-state index in [0.717, 1.165) is 44.8 Å². The molecule has 1 aliphatic heterocycles. The number of amides is 1. The van der Waals surface area contributed by atoms with Crippen molar-refractivity contribution in [2.75, 3.05) is 39.4 Å². The Morgan fingerprint density at radius 2 is 1.79 bits per heavy atom. The highest BCUT2D eigenvalue weighted by molar-refractivity contribution is 5.85. The van der Waals surface area contributed by atoms with Crippen molar-refractivity contribution in [3.8, 4) is 0 Å². The summed E-state index contributed by atoms with van der Waals surface area (Å²) in [6.07, 6.45) is 1.08. The van der Waals surface area contributed by atoms with Crippen LogP contribution in [0.1, 0.15) is 37.8 Å². The van der Waals surface area contributed by atoms with Gasteiger partial charge in [-0.25, -0.2) is 0 Å². The summed E-state index contributed by atoms with van der Waals surface area (Å²) >= 11 is 0. The molecule has 0 bridgehead atoms. The number of carbonyl (C=O) groups excluding carboxylic acids is 1. The van der Waals surface area contributed by atoms with Crippen molar-refractivity contribution in [3.63, 3.8) is 0 Å². The number of morpholine rings is 1. The zero-order valence-corrected chi connectivity index (χ0v) is 15.9. The highest BCUT2D eigenvalue weighted by Crippen LogP contribution is 2.17. The highest BCUT2D eigenvalue weighted by Gasteiger charge is 2.16. The molecule has 1 aromatic carbocycles. The van der Waals surface area contributed by atoms with Crippen LogP contribution in [-0.4, -0.2) is 50.2 Å². The van der Waals surface area contributed by atoms with Crippen LogP contribution in [0.2, 0.25) is 0 Å². The smallest absolute Gasteiger partial charge is 0.227 e. The zero-order chi connectivity index (χ0) is 16.7. The van der Waals surface area contributed by atoms with Crippen LogP contribution < -0.4 is 5.32 Å². The monoisotopic (exact) mass is 354 g/mol. The molecule has 4 nitrogen and oxygen atoms in total. The van der Waals surface area contributed by atoms with Crippen molar-refractivity contribution >= 4 is 18.3 Å². The molecule has 0 saturated carbocycles. The molecule has 1 fully saturated rings. The summed E-state index contributed by atoms with van der Waals surface area (Å²) in [4.78, 5) is 14.6. The number of nitrogens with one attached hydrogen (secondary N) is 1. The molecule has 24 heavy (non-hydrogen) atoms. The van der Waals surface area contributed by atoms with E-state index in [1.165, 1.54) is 5.56 Å². The molecule has 0 aliphatic carbocycles. The molecule has 1 saturated heterocycles. The number of hydrogen-bond donors (Lipinski definition) is 1. The molecule has 1 heterocycles. The van der Waals surface area contributed by atoms with Gasteiger partial charge in [0.25, 0.3) is 0 Å². The van der Waals surface area contributed by atoms with Gasteiger partial charge >= 0.3 is 0 Å². The lowest BCUT2D eigenvalue weighted by atomic mass is 9.96. The van der Waals surface area contributed by atoms with Gasteiger partial charge in [0.2, 0.25) is 5.91 Å². The lowest BCUT2D eigenvalue weighted by molar-refractivity contribution is -0.122. The summed E-state index contributed by atoms with van der Waals surface area (Å²) in [6, 6.07) is 8.47.